The van der Waals surface area contributed by atoms with E-state index in [2.05, 4.69) is 27.9 Å². The molecule has 1 saturated heterocycles. The fourth-order valence-corrected chi connectivity index (χ4v) is 2.93. The van der Waals surface area contributed by atoms with Crippen molar-refractivity contribution in [3.63, 3.8) is 0 Å². The number of benzene rings is 1. The van der Waals surface area contributed by atoms with Crippen molar-refractivity contribution < 1.29 is 4.74 Å². The third-order valence-corrected chi connectivity index (χ3v) is 4.24. The summed E-state index contributed by atoms with van der Waals surface area (Å²) in [5.74, 6) is 0.880. The van der Waals surface area contributed by atoms with Gasteiger partial charge < -0.3 is 15.4 Å². The second-order valence-corrected chi connectivity index (χ2v) is 5.83. The Morgan fingerprint density at radius 1 is 1.58 bits per heavy atom. The van der Waals surface area contributed by atoms with E-state index < -0.39 is 0 Å². The number of rotatable bonds is 5. The fourth-order valence-electron chi connectivity index (χ4n) is 2.43. The molecule has 0 radical (unpaired) electrons. The minimum absolute atomic E-state index is 0.0693. The van der Waals surface area contributed by atoms with Gasteiger partial charge in [0.1, 0.15) is 11.6 Å². The Labute approximate surface area is 122 Å². The van der Waals surface area contributed by atoms with Crippen molar-refractivity contribution in [2.75, 3.05) is 20.2 Å². The molecule has 19 heavy (non-hydrogen) atoms. The van der Waals surface area contributed by atoms with Gasteiger partial charge >= 0.3 is 0 Å². The van der Waals surface area contributed by atoms with Crippen LogP contribution in [0.5, 0.6) is 5.75 Å². The lowest BCUT2D eigenvalue weighted by Gasteiger charge is -2.19. The first-order valence-corrected chi connectivity index (χ1v) is 7.34. The summed E-state index contributed by atoms with van der Waals surface area (Å²) in [6.07, 6.45) is 3.61. The van der Waals surface area contributed by atoms with E-state index in [0.29, 0.717) is 18.2 Å². The average molecular weight is 326 g/mol. The minimum Gasteiger partial charge on any atom is -0.492 e. The highest BCUT2D eigenvalue weighted by atomic mass is 79.9. The summed E-state index contributed by atoms with van der Waals surface area (Å²) < 4.78 is 6.64. The molecule has 3 N–H and O–H groups in total. The van der Waals surface area contributed by atoms with Crippen LogP contribution in [-0.2, 0) is 0 Å². The van der Waals surface area contributed by atoms with Gasteiger partial charge in [-0.25, -0.2) is 0 Å². The van der Waals surface area contributed by atoms with Gasteiger partial charge in [-0.15, -0.1) is 0 Å². The molecular formula is C14H20BrN3O. The van der Waals surface area contributed by atoms with Crippen molar-refractivity contribution in [2.24, 2.45) is 5.73 Å². The molecule has 2 rings (SSSR count). The van der Waals surface area contributed by atoms with Gasteiger partial charge in [0.15, 0.2) is 0 Å². The van der Waals surface area contributed by atoms with Gasteiger partial charge in [-0.1, -0.05) is 0 Å². The predicted molar refractivity (Wildman–Crippen MR) is 80.9 cm³/mol. The second kappa shape index (κ2) is 6.39. The first-order chi connectivity index (χ1) is 9.08. The summed E-state index contributed by atoms with van der Waals surface area (Å²) in [4.78, 5) is 2.40. The van der Waals surface area contributed by atoms with Gasteiger partial charge in [-0.05, 0) is 67.0 Å². The molecule has 0 aromatic heterocycles. The molecule has 1 aromatic carbocycles. The number of ether oxygens (including phenoxy) is 1. The maximum Gasteiger partial charge on any atom is 0.133 e. The quantitative estimate of drug-likeness (QED) is 0.646. The summed E-state index contributed by atoms with van der Waals surface area (Å²) in [5.41, 5.74) is 6.15. The molecule has 1 atom stereocenters. The average Bonchev–Trinajstić information content (AvgIpc) is 2.77. The lowest BCUT2D eigenvalue weighted by atomic mass is 10.1. The van der Waals surface area contributed by atoms with E-state index in [9.17, 15) is 0 Å². The van der Waals surface area contributed by atoms with Crippen LogP contribution in [0.3, 0.4) is 0 Å². The highest BCUT2D eigenvalue weighted by Gasteiger charge is 2.20. The van der Waals surface area contributed by atoms with Gasteiger partial charge in [-0.2, -0.15) is 0 Å². The maximum absolute atomic E-state index is 7.39. The molecule has 0 spiro atoms. The normalized spacial score (nSPS) is 19.6. The highest BCUT2D eigenvalue weighted by Crippen LogP contribution is 2.26. The number of nitrogens with zero attached hydrogens (tertiary/aromatic N) is 1. The Balaban J connectivity index is 1.87. The molecule has 0 amide bonds. The molecule has 0 saturated carbocycles. The molecule has 104 valence electrons. The molecule has 1 aliphatic heterocycles. The van der Waals surface area contributed by atoms with E-state index >= 15 is 0 Å². The van der Waals surface area contributed by atoms with Crippen molar-refractivity contribution >= 4 is 21.8 Å². The standard InChI is InChI=1S/C14H20BrN3O/c1-18-7-2-3-11(18)6-8-19-13-5-4-10(14(16)17)9-12(13)15/h4-5,9,11H,2-3,6-8H2,1H3,(H3,16,17). The van der Waals surface area contributed by atoms with Crippen LogP contribution in [0.25, 0.3) is 0 Å². The van der Waals surface area contributed by atoms with Gasteiger partial charge in [-0.3, -0.25) is 5.41 Å². The SMILES string of the molecule is CN1CCCC1CCOc1ccc(C(=N)N)cc1Br. The van der Waals surface area contributed by atoms with E-state index in [0.717, 1.165) is 16.6 Å². The molecule has 1 heterocycles. The lowest BCUT2D eigenvalue weighted by Crippen LogP contribution is -2.26. The highest BCUT2D eigenvalue weighted by molar-refractivity contribution is 9.10. The summed E-state index contributed by atoms with van der Waals surface area (Å²) in [6.45, 7) is 1.91. The molecule has 1 unspecified atom stereocenters. The number of likely N-dealkylation sites (tertiary alicyclic amines) is 1. The van der Waals surface area contributed by atoms with E-state index in [1.807, 2.05) is 18.2 Å². The van der Waals surface area contributed by atoms with Gasteiger partial charge in [0.25, 0.3) is 0 Å². The van der Waals surface area contributed by atoms with Crippen LogP contribution in [0.1, 0.15) is 24.8 Å². The molecule has 1 aliphatic rings. The van der Waals surface area contributed by atoms with Crippen LogP contribution < -0.4 is 10.5 Å². The van der Waals surface area contributed by atoms with E-state index in [4.69, 9.17) is 15.9 Å². The Morgan fingerprint density at radius 2 is 2.37 bits per heavy atom. The Hall–Kier alpha value is -1.07. The first kappa shape index (κ1) is 14.3. The molecular weight excluding hydrogens is 306 g/mol. The van der Waals surface area contributed by atoms with E-state index in [1.54, 1.807) is 0 Å². The third-order valence-electron chi connectivity index (χ3n) is 3.62. The van der Waals surface area contributed by atoms with Crippen LogP contribution >= 0.6 is 15.9 Å². The van der Waals surface area contributed by atoms with Crippen molar-refractivity contribution in [1.29, 1.82) is 5.41 Å². The number of hydrogen-bond acceptors (Lipinski definition) is 3. The van der Waals surface area contributed by atoms with Crippen LogP contribution in [-0.4, -0.2) is 37.0 Å². The van der Waals surface area contributed by atoms with Crippen LogP contribution in [0.4, 0.5) is 0 Å². The fraction of sp³-hybridized carbons (Fsp3) is 0.500. The first-order valence-electron chi connectivity index (χ1n) is 6.55. The number of nitrogens with two attached hydrogens (primary N) is 1. The van der Waals surface area contributed by atoms with Crippen LogP contribution in [0, 0.1) is 5.41 Å². The van der Waals surface area contributed by atoms with Gasteiger partial charge in [0.05, 0.1) is 11.1 Å². The number of halogens is 1. The zero-order valence-corrected chi connectivity index (χ0v) is 12.7. The molecule has 1 fully saturated rings. The molecule has 0 aliphatic carbocycles. The van der Waals surface area contributed by atoms with E-state index in [-0.39, 0.29) is 5.84 Å². The number of nitrogens with one attached hydrogen (secondary N) is 1. The van der Waals surface area contributed by atoms with Crippen molar-refractivity contribution in [3.8, 4) is 5.75 Å². The smallest absolute Gasteiger partial charge is 0.133 e. The summed E-state index contributed by atoms with van der Waals surface area (Å²) in [6, 6.07) is 6.14. The number of amidine groups is 1. The van der Waals surface area contributed by atoms with Gasteiger partial charge in [0, 0.05) is 11.6 Å². The van der Waals surface area contributed by atoms with Crippen molar-refractivity contribution in [1.82, 2.24) is 4.90 Å². The topological polar surface area (TPSA) is 62.3 Å². The van der Waals surface area contributed by atoms with Crippen LogP contribution in [0.15, 0.2) is 22.7 Å². The summed E-state index contributed by atoms with van der Waals surface area (Å²) in [5, 5.41) is 7.39. The zero-order chi connectivity index (χ0) is 13.8. The number of nitrogen functional groups attached to an aromatic ring is 1. The summed E-state index contributed by atoms with van der Waals surface area (Å²) in [7, 11) is 2.18. The van der Waals surface area contributed by atoms with Gasteiger partial charge in [0.2, 0.25) is 0 Å². The Bertz CT molecular complexity index is 464. The van der Waals surface area contributed by atoms with Crippen LogP contribution in [0.2, 0.25) is 0 Å². The maximum atomic E-state index is 7.39. The molecule has 5 heteroatoms. The zero-order valence-electron chi connectivity index (χ0n) is 11.2. The molecule has 0 bridgehead atoms. The minimum atomic E-state index is 0.0693. The van der Waals surface area contributed by atoms with E-state index in [1.165, 1.54) is 19.4 Å². The molecule has 1 aromatic rings. The Morgan fingerprint density at radius 3 is 2.95 bits per heavy atom. The third kappa shape index (κ3) is 3.70. The number of hydrogen-bond donors (Lipinski definition) is 2. The second-order valence-electron chi connectivity index (χ2n) is 4.97. The Kier molecular flexibility index (Phi) is 4.82. The van der Waals surface area contributed by atoms with Crippen molar-refractivity contribution in [2.45, 2.75) is 25.3 Å². The summed E-state index contributed by atoms with van der Waals surface area (Å²) >= 11 is 3.45. The molecule has 4 nitrogen and oxygen atoms in total. The monoisotopic (exact) mass is 325 g/mol. The lowest BCUT2D eigenvalue weighted by molar-refractivity contribution is 0.232. The van der Waals surface area contributed by atoms with Crippen molar-refractivity contribution in [3.05, 3.63) is 28.2 Å². The largest absolute Gasteiger partial charge is 0.492 e. The predicted octanol–water partition coefficient (Wildman–Crippen LogP) is 2.60.